The SMILES string of the molecule is CC(C)C(=O)[C@H]1C[C@@H]1C(=O)C(C)(C)C. The third kappa shape index (κ3) is 2.23. The van der Waals surface area contributed by atoms with E-state index in [1.807, 2.05) is 34.6 Å². The Bertz CT molecular complexity index is 258. The molecule has 1 rings (SSSR count). The average Bonchev–Trinajstić information content (AvgIpc) is 2.78. The summed E-state index contributed by atoms with van der Waals surface area (Å²) in [6.45, 7) is 9.57. The highest BCUT2D eigenvalue weighted by Gasteiger charge is 2.50. The molecule has 0 amide bonds. The smallest absolute Gasteiger partial charge is 0.142 e. The normalized spacial score (nSPS) is 26.4. The van der Waals surface area contributed by atoms with Crippen molar-refractivity contribution in [1.29, 1.82) is 0 Å². The van der Waals surface area contributed by atoms with Gasteiger partial charge in [0, 0.05) is 23.2 Å². The van der Waals surface area contributed by atoms with E-state index in [-0.39, 0.29) is 34.7 Å². The lowest BCUT2D eigenvalue weighted by atomic mass is 9.86. The van der Waals surface area contributed by atoms with Gasteiger partial charge in [0.25, 0.3) is 0 Å². The predicted octanol–water partition coefficient (Wildman–Crippen LogP) is 2.46. The average molecular weight is 196 g/mol. The second-order valence-electron chi connectivity index (χ2n) is 5.62. The molecule has 1 aliphatic rings. The van der Waals surface area contributed by atoms with E-state index < -0.39 is 0 Å². The van der Waals surface area contributed by atoms with Crippen LogP contribution in [0.2, 0.25) is 0 Å². The van der Waals surface area contributed by atoms with Gasteiger partial charge in [-0.25, -0.2) is 0 Å². The van der Waals surface area contributed by atoms with Crippen LogP contribution in [-0.4, -0.2) is 11.6 Å². The molecule has 1 saturated carbocycles. The fourth-order valence-electron chi connectivity index (χ4n) is 1.78. The zero-order valence-corrected chi connectivity index (χ0v) is 9.76. The number of carbonyl (C=O) groups is 2. The lowest BCUT2D eigenvalue weighted by Gasteiger charge is -2.16. The molecule has 1 fully saturated rings. The Hall–Kier alpha value is -0.660. The van der Waals surface area contributed by atoms with Crippen LogP contribution in [0.25, 0.3) is 0 Å². The van der Waals surface area contributed by atoms with Gasteiger partial charge < -0.3 is 0 Å². The summed E-state index contributed by atoms with van der Waals surface area (Å²) in [5.41, 5.74) is -0.295. The molecule has 0 aromatic heterocycles. The third-order valence-corrected chi connectivity index (χ3v) is 2.80. The maximum Gasteiger partial charge on any atom is 0.142 e. The third-order valence-electron chi connectivity index (χ3n) is 2.80. The Kier molecular flexibility index (Phi) is 2.84. The summed E-state index contributed by atoms with van der Waals surface area (Å²) in [5.74, 6) is 0.619. The van der Waals surface area contributed by atoms with Gasteiger partial charge in [0.15, 0.2) is 0 Å². The molecule has 80 valence electrons. The van der Waals surface area contributed by atoms with Crippen LogP contribution in [0.15, 0.2) is 0 Å². The molecule has 2 heteroatoms. The van der Waals surface area contributed by atoms with Crippen LogP contribution in [0.3, 0.4) is 0 Å². The molecule has 0 aromatic rings. The van der Waals surface area contributed by atoms with Gasteiger partial charge >= 0.3 is 0 Å². The molecule has 0 unspecified atom stereocenters. The fourth-order valence-corrected chi connectivity index (χ4v) is 1.78. The molecule has 14 heavy (non-hydrogen) atoms. The van der Waals surface area contributed by atoms with Crippen LogP contribution in [0.4, 0.5) is 0 Å². The van der Waals surface area contributed by atoms with Crippen LogP contribution in [-0.2, 0) is 9.59 Å². The summed E-state index contributed by atoms with van der Waals surface area (Å²) >= 11 is 0. The van der Waals surface area contributed by atoms with E-state index in [9.17, 15) is 9.59 Å². The van der Waals surface area contributed by atoms with Crippen molar-refractivity contribution in [2.24, 2.45) is 23.2 Å². The summed E-state index contributed by atoms with van der Waals surface area (Å²) in [4.78, 5) is 23.4. The first-order valence-electron chi connectivity index (χ1n) is 5.33. The molecule has 0 radical (unpaired) electrons. The Labute approximate surface area is 86.1 Å². The highest BCUT2D eigenvalue weighted by Crippen LogP contribution is 2.45. The molecule has 2 atom stereocenters. The van der Waals surface area contributed by atoms with E-state index >= 15 is 0 Å². The van der Waals surface area contributed by atoms with Crippen molar-refractivity contribution in [3.8, 4) is 0 Å². The quantitative estimate of drug-likeness (QED) is 0.695. The molecular formula is C12H20O2. The maximum atomic E-state index is 11.8. The minimum absolute atomic E-state index is 0.0184. The van der Waals surface area contributed by atoms with Crippen molar-refractivity contribution in [3.05, 3.63) is 0 Å². The standard InChI is InChI=1S/C12H20O2/c1-7(2)10(13)8-6-9(8)11(14)12(3,4)5/h7-9H,6H2,1-5H3/t8-,9-/m0/s1. The van der Waals surface area contributed by atoms with Gasteiger partial charge in [-0.3, -0.25) is 9.59 Å². The van der Waals surface area contributed by atoms with E-state index in [0.29, 0.717) is 0 Å². The first kappa shape index (κ1) is 11.4. The first-order chi connectivity index (χ1) is 6.25. The Morgan fingerprint density at radius 2 is 1.64 bits per heavy atom. The largest absolute Gasteiger partial charge is 0.299 e. The van der Waals surface area contributed by atoms with E-state index in [0.717, 1.165) is 6.42 Å². The van der Waals surface area contributed by atoms with Gasteiger partial charge in [-0.05, 0) is 6.42 Å². The highest BCUT2D eigenvalue weighted by molar-refractivity contribution is 5.97. The molecule has 0 aliphatic heterocycles. The second kappa shape index (κ2) is 3.48. The van der Waals surface area contributed by atoms with Crippen LogP contribution < -0.4 is 0 Å². The van der Waals surface area contributed by atoms with Gasteiger partial charge in [0.05, 0.1) is 0 Å². The fraction of sp³-hybridized carbons (Fsp3) is 0.833. The van der Waals surface area contributed by atoms with Crippen molar-refractivity contribution < 1.29 is 9.59 Å². The minimum Gasteiger partial charge on any atom is -0.299 e. The highest BCUT2D eigenvalue weighted by atomic mass is 16.1. The van der Waals surface area contributed by atoms with Crippen molar-refractivity contribution in [2.45, 2.75) is 41.0 Å². The van der Waals surface area contributed by atoms with E-state index in [2.05, 4.69) is 0 Å². The number of hydrogen-bond donors (Lipinski definition) is 0. The monoisotopic (exact) mass is 196 g/mol. The summed E-state index contributed by atoms with van der Waals surface area (Å²) in [7, 11) is 0. The molecule has 2 nitrogen and oxygen atoms in total. The van der Waals surface area contributed by atoms with Crippen LogP contribution in [0.1, 0.15) is 41.0 Å². The molecule has 1 aliphatic carbocycles. The summed E-state index contributed by atoms with van der Waals surface area (Å²) in [6.07, 6.45) is 0.785. The zero-order valence-electron chi connectivity index (χ0n) is 9.76. The van der Waals surface area contributed by atoms with Gasteiger partial charge in [0.2, 0.25) is 0 Å². The van der Waals surface area contributed by atoms with E-state index in [4.69, 9.17) is 0 Å². The van der Waals surface area contributed by atoms with Crippen molar-refractivity contribution >= 4 is 11.6 Å². The van der Waals surface area contributed by atoms with Gasteiger partial charge in [-0.1, -0.05) is 34.6 Å². The summed E-state index contributed by atoms with van der Waals surface area (Å²) in [6, 6.07) is 0. The maximum absolute atomic E-state index is 11.8. The van der Waals surface area contributed by atoms with Crippen molar-refractivity contribution in [2.75, 3.05) is 0 Å². The van der Waals surface area contributed by atoms with Gasteiger partial charge in [-0.15, -0.1) is 0 Å². The Morgan fingerprint density at radius 1 is 1.14 bits per heavy atom. The van der Waals surface area contributed by atoms with Gasteiger partial charge in [-0.2, -0.15) is 0 Å². The minimum atomic E-state index is -0.295. The van der Waals surface area contributed by atoms with E-state index in [1.165, 1.54) is 0 Å². The number of ketones is 2. The number of carbonyl (C=O) groups excluding carboxylic acids is 2. The predicted molar refractivity (Wildman–Crippen MR) is 55.9 cm³/mol. The van der Waals surface area contributed by atoms with E-state index in [1.54, 1.807) is 0 Å². The lowest BCUT2D eigenvalue weighted by molar-refractivity contribution is -0.130. The zero-order chi connectivity index (χ0) is 11.1. The molecular weight excluding hydrogens is 176 g/mol. The van der Waals surface area contributed by atoms with Crippen molar-refractivity contribution in [1.82, 2.24) is 0 Å². The van der Waals surface area contributed by atoms with Crippen LogP contribution >= 0.6 is 0 Å². The first-order valence-corrected chi connectivity index (χ1v) is 5.33. The Morgan fingerprint density at radius 3 is 2.00 bits per heavy atom. The molecule has 0 bridgehead atoms. The lowest BCUT2D eigenvalue weighted by Crippen LogP contribution is -2.24. The summed E-state index contributed by atoms with van der Waals surface area (Å²) in [5, 5.41) is 0. The number of Topliss-reactive ketones (excluding diaryl/α,β-unsaturated/α-hetero) is 2. The number of hydrogen-bond acceptors (Lipinski definition) is 2. The molecule has 0 saturated heterocycles. The molecule has 0 spiro atoms. The molecule has 0 aromatic carbocycles. The van der Waals surface area contributed by atoms with Crippen LogP contribution in [0, 0.1) is 23.2 Å². The van der Waals surface area contributed by atoms with Gasteiger partial charge in [0.1, 0.15) is 11.6 Å². The van der Waals surface area contributed by atoms with Crippen molar-refractivity contribution in [3.63, 3.8) is 0 Å². The molecule has 0 heterocycles. The topological polar surface area (TPSA) is 34.1 Å². The Balaban J connectivity index is 2.56. The summed E-state index contributed by atoms with van der Waals surface area (Å²) < 4.78 is 0. The second-order valence-corrected chi connectivity index (χ2v) is 5.62. The van der Waals surface area contributed by atoms with Crippen LogP contribution in [0.5, 0.6) is 0 Å². The molecule has 0 N–H and O–H groups in total. The number of rotatable bonds is 3.